The number of methoxy groups -OCH3 is 1. The fourth-order valence-electron chi connectivity index (χ4n) is 9.97. The lowest BCUT2D eigenvalue weighted by atomic mass is 9.63. The summed E-state index contributed by atoms with van der Waals surface area (Å²) in [5.41, 5.74) is 3.30. The fraction of sp³-hybridized carbons (Fsp3) is 0.619. The third-order valence-corrected chi connectivity index (χ3v) is 15.4. The summed E-state index contributed by atoms with van der Waals surface area (Å²) in [7, 11) is -1.01. The number of nitrogens with one attached hydrogen (secondary N) is 1. The molecule has 2 bridgehead atoms. The molecule has 2 aliphatic carbocycles. The maximum atomic E-state index is 13.9. The van der Waals surface area contributed by atoms with E-state index in [2.05, 4.69) is 63.4 Å². The summed E-state index contributed by atoms with van der Waals surface area (Å²) in [6.07, 6.45) is 9.92. The summed E-state index contributed by atoms with van der Waals surface area (Å²) in [4.78, 5) is 21.4. The predicted octanol–water partition coefficient (Wildman–Crippen LogP) is 5.44. The van der Waals surface area contributed by atoms with Gasteiger partial charge in [-0.3, -0.25) is 19.3 Å². The minimum Gasteiger partial charge on any atom is -0.490 e. The van der Waals surface area contributed by atoms with E-state index in [4.69, 9.17) is 25.8 Å². The molecule has 4 aliphatic heterocycles. The summed E-state index contributed by atoms with van der Waals surface area (Å²) in [5.74, 6) is 5.56. The van der Waals surface area contributed by atoms with Gasteiger partial charge in [0.15, 0.2) is 0 Å². The van der Waals surface area contributed by atoms with Gasteiger partial charge in [-0.2, -0.15) is 0 Å². The van der Waals surface area contributed by atoms with Crippen LogP contribution in [0.25, 0.3) is 0 Å². The van der Waals surface area contributed by atoms with Crippen LogP contribution >= 0.6 is 11.6 Å². The third kappa shape index (κ3) is 7.41. The number of rotatable bonds is 4. The van der Waals surface area contributed by atoms with Gasteiger partial charge in [0.1, 0.15) is 11.4 Å². The lowest BCUT2D eigenvalue weighted by molar-refractivity contribution is -0.107. The van der Waals surface area contributed by atoms with Gasteiger partial charge in [0.25, 0.3) is 5.91 Å². The van der Waals surface area contributed by atoms with E-state index in [1.807, 2.05) is 25.3 Å². The van der Waals surface area contributed by atoms with Gasteiger partial charge in [-0.05, 0) is 103 Å². The Morgan fingerprint density at radius 1 is 1.09 bits per heavy atom. The Bertz CT molecular complexity index is 1830. The molecule has 1 N–H and O–H groups in total. The molecule has 2 aromatic rings. The minimum absolute atomic E-state index is 0.0322. The summed E-state index contributed by atoms with van der Waals surface area (Å²) in [6, 6.07) is 12.6. The molecule has 7 atom stereocenters. The Kier molecular flexibility index (Phi) is 10.4. The highest BCUT2D eigenvalue weighted by atomic mass is 35.5. The second-order valence-corrected chi connectivity index (χ2v) is 19.6. The Hall–Kier alpha value is -2.60. The number of fused-ring (bicyclic) bond motifs is 4. The van der Waals surface area contributed by atoms with Crippen LogP contribution in [0.2, 0.25) is 5.02 Å². The van der Waals surface area contributed by atoms with E-state index in [-0.39, 0.29) is 28.9 Å². The smallest absolute Gasteiger partial charge is 0.262 e. The third-order valence-electron chi connectivity index (χ3n) is 13.6. The molecule has 4 heterocycles. The van der Waals surface area contributed by atoms with Crippen molar-refractivity contribution in [1.29, 1.82) is 0 Å². The van der Waals surface area contributed by atoms with Crippen LogP contribution in [0.3, 0.4) is 0 Å². The number of anilines is 1. The maximum absolute atomic E-state index is 13.9. The zero-order valence-electron chi connectivity index (χ0n) is 31.7. The molecule has 9 nitrogen and oxygen atoms in total. The maximum Gasteiger partial charge on any atom is 0.262 e. The average molecular weight is 765 g/mol. The molecule has 1 saturated carbocycles. The Morgan fingerprint density at radius 3 is 2.62 bits per heavy atom. The number of nitrogens with zero attached hydrogens (tertiary/aromatic N) is 3. The number of hydrogen-bond donors (Lipinski definition) is 1. The number of benzene rings is 2. The number of amides is 1. The molecule has 6 aliphatic rings. The Labute approximate surface area is 321 Å². The van der Waals surface area contributed by atoms with E-state index in [0.717, 1.165) is 108 Å². The van der Waals surface area contributed by atoms with Crippen molar-refractivity contribution in [2.45, 2.75) is 63.0 Å². The number of aryl methyl sites for hydroxylation is 1. The molecule has 53 heavy (non-hydrogen) atoms. The fourth-order valence-corrected chi connectivity index (χ4v) is 11.9. The molecule has 8 rings (SSSR count). The second kappa shape index (κ2) is 14.8. The van der Waals surface area contributed by atoms with Gasteiger partial charge in [0.05, 0.1) is 31.5 Å². The first-order valence-corrected chi connectivity index (χ1v) is 22.0. The predicted molar refractivity (Wildman–Crippen MR) is 214 cm³/mol. The van der Waals surface area contributed by atoms with E-state index in [1.165, 1.54) is 11.1 Å². The number of halogens is 1. The standard InChI is InChI=1S/C42H57ClN4O5S/c1-29-13-15-42(50-3,27-45-16-18-46(19-17-45)35-23-51-24-35)37-10-7-33(37)22-47-26-41(14-5-6-31-20-34(43)9-11-36(31)41)28-52-39-12-8-32(21-38(39)47)40(48)44-53(4,49)25-30(29)2/h8-9,11-13,15,20-21,29-30,33,35,37H,4-7,10,14,16-19,22-28H2,1-3H3,(H,44,48,49)/b15-13+/t29-,30+,33-,37+,41-,42-,53?/m0/s1. The minimum atomic E-state index is -2.91. The van der Waals surface area contributed by atoms with Gasteiger partial charge < -0.3 is 19.1 Å². The SMILES string of the molecule is C=S1(=O)C[C@@H](C)[C@@H](C)/C=C/[C@@](CN2CCN(C3COC3)CC2)(OC)[C@@H]2CC[C@H]2CN2C[C@@]3(CCCc4cc(Cl)ccc43)COc3ccc(cc32)C(=O)N1. The van der Waals surface area contributed by atoms with Crippen molar-refractivity contribution in [3.05, 3.63) is 70.3 Å². The van der Waals surface area contributed by atoms with Crippen LogP contribution in [-0.2, 0) is 31.0 Å². The lowest BCUT2D eigenvalue weighted by Crippen LogP contribution is -2.61. The van der Waals surface area contributed by atoms with E-state index in [0.29, 0.717) is 30.0 Å². The number of ether oxygens (including phenoxy) is 3. The summed E-state index contributed by atoms with van der Waals surface area (Å²) >= 11 is 6.52. The molecule has 1 amide bonds. The van der Waals surface area contributed by atoms with Gasteiger partial charge in [-0.25, -0.2) is 4.21 Å². The molecule has 3 fully saturated rings. The van der Waals surface area contributed by atoms with Crippen molar-refractivity contribution < 1.29 is 23.2 Å². The molecular weight excluding hydrogens is 708 g/mol. The van der Waals surface area contributed by atoms with Crippen LogP contribution in [0.1, 0.15) is 61.0 Å². The van der Waals surface area contributed by atoms with E-state index >= 15 is 0 Å². The zero-order valence-corrected chi connectivity index (χ0v) is 33.3. The van der Waals surface area contributed by atoms with Crippen molar-refractivity contribution in [2.24, 2.45) is 23.7 Å². The van der Waals surface area contributed by atoms with Crippen LogP contribution < -0.4 is 14.4 Å². The van der Waals surface area contributed by atoms with Crippen LogP contribution in [-0.4, -0.2) is 116 Å². The van der Waals surface area contributed by atoms with Crippen LogP contribution in [0, 0.1) is 23.7 Å². The van der Waals surface area contributed by atoms with Crippen molar-refractivity contribution in [3.8, 4) is 5.75 Å². The topological polar surface area (TPSA) is 83.6 Å². The van der Waals surface area contributed by atoms with Crippen molar-refractivity contribution in [3.63, 3.8) is 0 Å². The first-order valence-electron chi connectivity index (χ1n) is 19.7. The number of allylic oxidation sites excluding steroid dienone is 1. The molecule has 1 spiro atoms. The van der Waals surface area contributed by atoms with Crippen molar-refractivity contribution in [1.82, 2.24) is 14.5 Å². The van der Waals surface area contributed by atoms with Gasteiger partial charge in [-0.15, -0.1) is 0 Å². The summed E-state index contributed by atoms with van der Waals surface area (Å²) < 4.78 is 35.7. The van der Waals surface area contributed by atoms with Gasteiger partial charge in [0, 0.05) is 84.4 Å². The molecule has 1 unspecified atom stereocenters. The second-order valence-electron chi connectivity index (χ2n) is 17.0. The van der Waals surface area contributed by atoms with E-state index in [1.54, 1.807) is 6.07 Å². The van der Waals surface area contributed by atoms with Gasteiger partial charge in [-0.1, -0.05) is 43.7 Å². The van der Waals surface area contributed by atoms with E-state index < -0.39 is 15.3 Å². The van der Waals surface area contributed by atoms with Crippen LogP contribution in [0.5, 0.6) is 5.75 Å². The number of carbonyl (C=O) groups excluding carboxylic acids is 1. The highest BCUT2D eigenvalue weighted by Crippen LogP contribution is 2.49. The first kappa shape index (κ1) is 37.3. The molecule has 288 valence electrons. The zero-order chi connectivity index (χ0) is 37.0. The van der Waals surface area contributed by atoms with Crippen molar-refractivity contribution in [2.75, 3.05) is 83.4 Å². The van der Waals surface area contributed by atoms with E-state index in [9.17, 15) is 9.00 Å². The molecule has 0 radical (unpaired) electrons. The summed E-state index contributed by atoms with van der Waals surface area (Å²) in [5, 5.41) is 0.768. The average Bonchev–Trinajstić information content (AvgIpc) is 3.24. The van der Waals surface area contributed by atoms with Crippen molar-refractivity contribution >= 4 is 38.8 Å². The molecule has 2 aromatic carbocycles. The molecule has 0 aromatic heterocycles. The quantitative estimate of drug-likeness (QED) is 0.326. The Balaban J connectivity index is 1.17. The molecule has 11 heteroatoms. The number of piperazine rings is 1. The lowest BCUT2D eigenvalue weighted by Gasteiger charge is -2.52. The van der Waals surface area contributed by atoms with Crippen LogP contribution in [0.15, 0.2) is 48.6 Å². The van der Waals surface area contributed by atoms with Crippen LogP contribution in [0.4, 0.5) is 5.69 Å². The van der Waals surface area contributed by atoms with Gasteiger partial charge >= 0.3 is 0 Å². The monoisotopic (exact) mass is 764 g/mol. The first-order chi connectivity index (χ1) is 25.5. The van der Waals surface area contributed by atoms with Gasteiger partial charge in [0.2, 0.25) is 0 Å². The largest absolute Gasteiger partial charge is 0.490 e. The highest BCUT2D eigenvalue weighted by Gasteiger charge is 2.50. The Morgan fingerprint density at radius 2 is 1.91 bits per heavy atom. The number of carbonyl (C=O) groups is 1. The molecule has 2 saturated heterocycles. The normalized spacial score (nSPS) is 36.2. The number of hydrogen-bond acceptors (Lipinski definition) is 8. The highest BCUT2D eigenvalue weighted by molar-refractivity contribution is 7.99. The summed E-state index contributed by atoms with van der Waals surface area (Å²) in [6.45, 7) is 13.1. The molecular formula is C42H57ClN4O5S.